The maximum Gasteiger partial charge on any atom is 0.276 e. The molecule has 0 bridgehead atoms. The Morgan fingerprint density at radius 1 is 1.24 bits per heavy atom. The summed E-state index contributed by atoms with van der Waals surface area (Å²) < 4.78 is 6.21. The number of hydrogen-bond donors (Lipinski definition) is 2. The maximum atomic E-state index is 11.6. The van der Waals surface area contributed by atoms with Gasteiger partial charge in [-0.05, 0) is 40.0 Å². The zero-order valence-corrected chi connectivity index (χ0v) is 14.3. The van der Waals surface area contributed by atoms with E-state index in [0.717, 1.165) is 10.9 Å². The van der Waals surface area contributed by atoms with E-state index in [9.17, 15) is 9.59 Å². The summed E-state index contributed by atoms with van der Waals surface area (Å²) in [4.78, 5) is 23.2. The Morgan fingerprint density at radius 3 is 2.43 bits per heavy atom. The van der Waals surface area contributed by atoms with Gasteiger partial charge >= 0.3 is 0 Å². The number of rotatable bonds is 4. The van der Waals surface area contributed by atoms with Crippen LogP contribution in [0.3, 0.4) is 0 Å². The molecular formula is C15H21BrN2O3. The number of nitrogens with one attached hydrogen (secondary N) is 2. The fraction of sp³-hybridized carbons (Fsp3) is 0.467. The molecule has 5 nitrogen and oxygen atoms in total. The smallest absolute Gasteiger partial charge is 0.276 e. The molecule has 1 aromatic carbocycles. The first kappa shape index (κ1) is 17.5. The van der Waals surface area contributed by atoms with Crippen LogP contribution in [0.2, 0.25) is 0 Å². The van der Waals surface area contributed by atoms with E-state index >= 15 is 0 Å². The Balaban J connectivity index is 2.45. The Bertz CT molecular complexity index is 524. The second-order valence-electron chi connectivity index (χ2n) is 5.66. The van der Waals surface area contributed by atoms with Gasteiger partial charge in [0.2, 0.25) is 5.91 Å². The largest absolute Gasteiger partial charge is 0.483 e. The van der Waals surface area contributed by atoms with E-state index in [1.54, 1.807) is 20.8 Å². The van der Waals surface area contributed by atoms with E-state index in [-0.39, 0.29) is 12.5 Å². The molecule has 116 valence electrons. The van der Waals surface area contributed by atoms with E-state index in [0.29, 0.717) is 5.75 Å². The predicted molar refractivity (Wildman–Crippen MR) is 84.8 cm³/mol. The van der Waals surface area contributed by atoms with Gasteiger partial charge in [0, 0.05) is 5.41 Å². The zero-order valence-electron chi connectivity index (χ0n) is 12.7. The van der Waals surface area contributed by atoms with Crippen LogP contribution in [0.5, 0.6) is 5.75 Å². The van der Waals surface area contributed by atoms with Crippen LogP contribution in [0.1, 0.15) is 33.3 Å². The molecule has 0 fully saturated rings. The van der Waals surface area contributed by atoms with E-state index in [4.69, 9.17) is 4.74 Å². The van der Waals surface area contributed by atoms with Gasteiger partial charge in [0.25, 0.3) is 5.91 Å². The lowest BCUT2D eigenvalue weighted by Crippen LogP contribution is -2.48. The molecule has 0 atom stereocenters. The third-order valence-electron chi connectivity index (χ3n) is 2.76. The number of aryl methyl sites for hydroxylation is 1. The van der Waals surface area contributed by atoms with Gasteiger partial charge in [0.15, 0.2) is 6.61 Å². The highest BCUT2D eigenvalue weighted by Gasteiger charge is 2.21. The van der Waals surface area contributed by atoms with Crippen molar-refractivity contribution in [2.45, 2.75) is 34.1 Å². The van der Waals surface area contributed by atoms with Crippen molar-refractivity contribution in [1.29, 1.82) is 0 Å². The van der Waals surface area contributed by atoms with Gasteiger partial charge in [-0.1, -0.05) is 33.8 Å². The lowest BCUT2D eigenvalue weighted by molar-refractivity contribution is -0.134. The number of amides is 2. The van der Waals surface area contributed by atoms with Crippen molar-refractivity contribution in [1.82, 2.24) is 10.9 Å². The zero-order chi connectivity index (χ0) is 16.0. The molecule has 0 radical (unpaired) electrons. The second-order valence-corrected chi connectivity index (χ2v) is 6.51. The van der Waals surface area contributed by atoms with Crippen molar-refractivity contribution >= 4 is 27.7 Å². The van der Waals surface area contributed by atoms with Crippen molar-refractivity contribution in [2.75, 3.05) is 6.61 Å². The fourth-order valence-corrected chi connectivity index (χ4v) is 1.92. The maximum absolute atomic E-state index is 11.6. The molecule has 0 saturated heterocycles. The number of carbonyl (C=O) groups excluding carboxylic acids is 2. The minimum atomic E-state index is -0.562. The summed E-state index contributed by atoms with van der Waals surface area (Å²) >= 11 is 3.40. The summed E-state index contributed by atoms with van der Waals surface area (Å²) in [5, 5.41) is 0. The lowest BCUT2D eigenvalue weighted by Gasteiger charge is -2.18. The molecule has 21 heavy (non-hydrogen) atoms. The summed E-state index contributed by atoms with van der Waals surface area (Å²) in [5.41, 5.74) is 5.30. The topological polar surface area (TPSA) is 67.4 Å². The van der Waals surface area contributed by atoms with Crippen molar-refractivity contribution < 1.29 is 14.3 Å². The standard InChI is InChI=1S/C15H21BrN2O3/c1-5-10-6-7-12(11(16)8-10)21-9-13(19)17-18-14(20)15(2,3)4/h6-8H,5,9H2,1-4H3,(H,17,19)(H,18,20). The highest BCUT2D eigenvalue weighted by Crippen LogP contribution is 2.26. The van der Waals surface area contributed by atoms with E-state index in [1.807, 2.05) is 18.2 Å². The first-order chi connectivity index (χ1) is 9.74. The molecule has 2 N–H and O–H groups in total. The molecule has 0 aromatic heterocycles. The molecule has 0 aliphatic rings. The minimum Gasteiger partial charge on any atom is -0.483 e. The summed E-state index contributed by atoms with van der Waals surface area (Å²) in [6, 6.07) is 5.71. The number of benzene rings is 1. The molecule has 0 aliphatic heterocycles. The first-order valence-corrected chi connectivity index (χ1v) is 7.54. The van der Waals surface area contributed by atoms with E-state index in [1.165, 1.54) is 5.56 Å². The highest BCUT2D eigenvalue weighted by atomic mass is 79.9. The van der Waals surface area contributed by atoms with Crippen molar-refractivity contribution in [2.24, 2.45) is 5.41 Å². The third-order valence-corrected chi connectivity index (χ3v) is 3.38. The average molecular weight is 357 g/mol. The van der Waals surface area contributed by atoms with Gasteiger partial charge < -0.3 is 4.74 Å². The van der Waals surface area contributed by atoms with Gasteiger partial charge in [-0.2, -0.15) is 0 Å². The van der Waals surface area contributed by atoms with Gasteiger partial charge in [0.05, 0.1) is 4.47 Å². The monoisotopic (exact) mass is 356 g/mol. The molecule has 1 rings (SSSR count). The SMILES string of the molecule is CCc1ccc(OCC(=O)NNC(=O)C(C)(C)C)c(Br)c1. The second kappa shape index (κ2) is 7.45. The summed E-state index contributed by atoms with van der Waals surface area (Å²) in [6.45, 7) is 7.17. The van der Waals surface area contributed by atoms with Crippen LogP contribution in [0.4, 0.5) is 0 Å². The number of halogens is 1. The van der Waals surface area contributed by atoms with Crippen LogP contribution in [-0.4, -0.2) is 18.4 Å². The van der Waals surface area contributed by atoms with Gasteiger partial charge in [-0.3, -0.25) is 20.4 Å². The normalized spacial score (nSPS) is 10.9. The quantitative estimate of drug-likeness (QED) is 0.814. The van der Waals surface area contributed by atoms with Gasteiger partial charge in [0.1, 0.15) is 5.75 Å². The molecule has 2 amide bonds. The number of hydrazine groups is 1. The number of ether oxygens (including phenoxy) is 1. The lowest BCUT2D eigenvalue weighted by atomic mass is 9.96. The molecule has 0 heterocycles. The van der Waals surface area contributed by atoms with Crippen LogP contribution >= 0.6 is 15.9 Å². The van der Waals surface area contributed by atoms with E-state index < -0.39 is 11.3 Å². The van der Waals surface area contributed by atoms with Gasteiger partial charge in [-0.25, -0.2) is 0 Å². The molecule has 0 aliphatic carbocycles. The molecule has 0 unspecified atom stereocenters. The highest BCUT2D eigenvalue weighted by molar-refractivity contribution is 9.10. The molecule has 0 spiro atoms. The molecule has 1 aromatic rings. The van der Waals surface area contributed by atoms with Crippen LogP contribution in [0.25, 0.3) is 0 Å². The van der Waals surface area contributed by atoms with Crippen molar-refractivity contribution in [3.05, 3.63) is 28.2 Å². The summed E-state index contributed by atoms with van der Waals surface area (Å²) in [5.74, 6) is -0.0899. The molecule has 6 heteroatoms. The molecule has 0 saturated carbocycles. The van der Waals surface area contributed by atoms with Crippen LogP contribution in [-0.2, 0) is 16.0 Å². The average Bonchev–Trinajstić information content (AvgIpc) is 2.42. The summed E-state index contributed by atoms with van der Waals surface area (Å²) in [7, 11) is 0. The van der Waals surface area contributed by atoms with Gasteiger partial charge in [-0.15, -0.1) is 0 Å². The van der Waals surface area contributed by atoms with Crippen LogP contribution in [0.15, 0.2) is 22.7 Å². The fourth-order valence-electron chi connectivity index (χ4n) is 1.37. The summed E-state index contributed by atoms with van der Waals surface area (Å²) in [6.07, 6.45) is 0.929. The Kier molecular flexibility index (Phi) is 6.20. The minimum absolute atomic E-state index is 0.172. The van der Waals surface area contributed by atoms with Crippen LogP contribution < -0.4 is 15.6 Å². The van der Waals surface area contributed by atoms with E-state index in [2.05, 4.69) is 33.7 Å². The van der Waals surface area contributed by atoms with Crippen molar-refractivity contribution in [3.63, 3.8) is 0 Å². The number of carbonyl (C=O) groups is 2. The Morgan fingerprint density at radius 2 is 1.90 bits per heavy atom. The Hall–Kier alpha value is -1.56. The van der Waals surface area contributed by atoms with Crippen LogP contribution in [0, 0.1) is 5.41 Å². The van der Waals surface area contributed by atoms with Crippen molar-refractivity contribution in [3.8, 4) is 5.75 Å². The predicted octanol–water partition coefficient (Wildman–Crippen LogP) is 2.58. The molecular weight excluding hydrogens is 336 g/mol. The number of hydrogen-bond acceptors (Lipinski definition) is 3. The first-order valence-electron chi connectivity index (χ1n) is 6.74. The Labute approximate surface area is 133 Å². The third kappa shape index (κ3) is 5.75.